The number of allylic oxidation sites excluding steroid dienone is 4. The molecule has 0 radical (unpaired) electrons. The van der Waals surface area contributed by atoms with Crippen molar-refractivity contribution in [3.05, 3.63) is 53.0 Å². The molecule has 1 saturated heterocycles. The summed E-state index contributed by atoms with van der Waals surface area (Å²) in [5.74, 6) is 1.28. The topological polar surface area (TPSA) is 83.6 Å². The zero-order valence-corrected chi connectivity index (χ0v) is 24.8. The Morgan fingerprint density at radius 2 is 1.95 bits per heavy atom. The number of carbonyl (C=O) groups is 1. The Hall–Kier alpha value is -3.85. The number of hydrogen-bond acceptors (Lipinski definition) is 6. The van der Waals surface area contributed by atoms with Crippen LogP contribution in [0.15, 0.2) is 30.4 Å². The van der Waals surface area contributed by atoms with Crippen LogP contribution in [-0.4, -0.2) is 62.8 Å². The zero-order chi connectivity index (χ0) is 28.8. The molecule has 3 aromatic rings. The van der Waals surface area contributed by atoms with E-state index in [0.29, 0.717) is 37.0 Å². The van der Waals surface area contributed by atoms with E-state index < -0.39 is 5.54 Å². The fourth-order valence-electron chi connectivity index (χ4n) is 5.82. The molecule has 9 nitrogen and oxygen atoms in total. The summed E-state index contributed by atoms with van der Waals surface area (Å²) in [7, 11) is 1.67. The molecule has 1 fully saturated rings. The van der Waals surface area contributed by atoms with Gasteiger partial charge in [0.15, 0.2) is 5.69 Å². The summed E-state index contributed by atoms with van der Waals surface area (Å²) in [4.78, 5) is 15.9. The molecule has 1 amide bonds. The number of carbonyl (C=O) groups excluding carboxylic acids is 1. The normalized spacial score (nSPS) is 16.6. The van der Waals surface area contributed by atoms with Crippen molar-refractivity contribution in [3.8, 4) is 33.9 Å². The van der Waals surface area contributed by atoms with Crippen LogP contribution in [0.2, 0.25) is 0 Å². The predicted octanol–water partition coefficient (Wildman–Crippen LogP) is 5.64. The van der Waals surface area contributed by atoms with Crippen molar-refractivity contribution < 1.29 is 19.0 Å². The molecule has 0 bridgehead atoms. The molecule has 4 heterocycles. The number of aryl methyl sites for hydroxylation is 2. The minimum atomic E-state index is -0.443. The van der Waals surface area contributed by atoms with Gasteiger partial charge < -0.3 is 19.1 Å². The fourth-order valence-corrected chi connectivity index (χ4v) is 5.82. The monoisotopic (exact) mass is 545 g/mol. The van der Waals surface area contributed by atoms with Gasteiger partial charge in [-0.1, -0.05) is 12.2 Å². The fraction of sp³-hybridized carbons (Fsp3) is 0.452. The Morgan fingerprint density at radius 3 is 2.58 bits per heavy atom. The molecule has 2 aliphatic heterocycles. The predicted molar refractivity (Wildman–Crippen MR) is 156 cm³/mol. The van der Waals surface area contributed by atoms with Crippen LogP contribution < -0.4 is 9.47 Å². The molecule has 2 aromatic heterocycles. The number of hydrogen-bond donors (Lipinski definition) is 0. The first-order valence-electron chi connectivity index (χ1n) is 13.9. The Kier molecular flexibility index (Phi) is 7.35. The van der Waals surface area contributed by atoms with Gasteiger partial charge in [0, 0.05) is 47.1 Å². The van der Waals surface area contributed by atoms with Crippen molar-refractivity contribution in [2.45, 2.75) is 67.2 Å². The van der Waals surface area contributed by atoms with Gasteiger partial charge in [0.05, 0.1) is 42.9 Å². The minimum Gasteiger partial charge on any atom is -0.496 e. The molecule has 0 spiro atoms. The SMILES string of the molecule is CC=CC(=CC)n1nc(C(=O)N2CCOCC2(C)C)c2c1-c1cc(-c3c(C)nn(CC)c3C)c(OC)cc1OC2. The summed E-state index contributed by atoms with van der Waals surface area (Å²) < 4.78 is 21.7. The van der Waals surface area contributed by atoms with E-state index in [2.05, 4.69) is 19.9 Å². The number of ether oxygens (including phenoxy) is 3. The second-order valence-corrected chi connectivity index (χ2v) is 10.8. The smallest absolute Gasteiger partial charge is 0.275 e. The summed E-state index contributed by atoms with van der Waals surface area (Å²) in [5.41, 5.74) is 7.27. The Morgan fingerprint density at radius 1 is 1.18 bits per heavy atom. The second kappa shape index (κ2) is 10.6. The molecular weight excluding hydrogens is 506 g/mol. The summed E-state index contributed by atoms with van der Waals surface area (Å²) in [6, 6.07) is 4.03. The van der Waals surface area contributed by atoms with Crippen LogP contribution in [-0.2, 0) is 17.9 Å². The van der Waals surface area contributed by atoms with E-state index in [9.17, 15) is 4.79 Å². The van der Waals surface area contributed by atoms with Gasteiger partial charge in [0.1, 0.15) is 18.1 Å². The number of fused-ring (bicyclic) bond motifs is 3. The lowest BCUT2D eigenvalue weighted by Gasteiger charge is -2.41. The number of aromatic nitrogens is 4. The van der Waals surface area contributed by atoms with Gasteiger partial charge >= 0.3 is 0 Å². The van der Waals surface area contributed by atoms with Crippen molar-refractivity contribution in [1.82, 2.24) is 24.5 Å². The van der Waals surface area contributed by atoms with Gasteiger partial charge in [-0.15, -0.1) is 0 Å². The first-order chi connectivity index (χ1) is 19.2. The molecular formula is C31H39N5O4. The van der Waals surface area contributed by atoms with Gasteiger partial charge in [-0.2, -0.15) is 10.2 Å². The van der Waals surface area contributed by atoms with E-state index >= 15 is 0 Å². The van der Waals surface area contributed by atoms with Gasteiger partial charge in [-0.25, -0.2) is 4.68 Å². The lowest BCUT2D eigenvalue weighted by molar-refractivity contribution is -0.0374. The van der Waals surface area contributed by atoms with E-state index in [1.165, 1.54) is 0 Å². The maximum absolute atomic E-state index is 14.1. The van der Waals surface area contributed by atoms with Crippen molar-refractivity contribution in [2.24, 2.45) is 0 Å². The molecule has 212 valence electrons. The maximum atomic E-state index is 14.1. The highest BCUT2D eigenvalue weighted by atomic mass is 16.5. The van der Waals surface area contributed by atoms with Gasteiger partial charge in [-0.05, 0) is 60.6 Å². The van der Waals surface area contributed by atoms with Gasteiger partial charge in [0.25, 0.3) is 5.91 Å². The Labute approximate surface area is 236 Å². The summed E-state index contributed by atoms with van der Waals surface area (Å²) in [6.07, 6.45) is 5.97. The third-order valence-corrected chi connectivity index (χ3v) is 7.83. The second-order valence-electron chi connectivity index (χ2n) is 10.8. The number of morpholine rings is 1. The summed E-state index contributed by atoms with van der Waals surface area (Å²) >= 11 is 0. The molecule has 0 aliphatic carbocycles. The number of methoxy groups -OCH3 is 1. The van der Waals surface area contributed by atoms with E-state index in [1.54, 1.807) is 7.11 Å². The van der Waals surface area contributed by atoms with E-state index in [4.69, 9.17) is 24.4 Å². The molecule has 0 atom stereocenters. The first kappa shape index (κ1) is 27.7. The highest BCUT2D eigenvalue weighted by molar-refractivity contribution is 5.98. The van der Waals surface area contributed by atoms with Crippen LogP contribution in [0.1, 0.15) is 62.1 Å². The molecule has 5 rings (SSSR count). The molecule has 0 saturated carbocycles. The van der Waals surface area contributed by atoms with E-state index in [-0.39, 0.29) is 12.5 Å². The number of benzene rings is 1. The first-order valence-corrected chi connectivity index (χ1v) is 13.9. The van der Waals surface area contributed by atoms with Crippen LogP contribution in [0, 0.1) is 13.8 Å². The zero-order valence-electron chi connectivity index (χ0n) is 24.8. The van der Waals surface area contributed by atoms with Crippen LogP contribution in [0.5, 0.6) is 11.5 Å². The number of rotatable bonds is 6. The standard InChI is InChI=1S/C31H39N5O4/c1-9-12-21(10-2)36-29-23-15-22(27-19(4)32-35(11-3)20(27)5)25(38-8)16-26(23)40-17-24(29)28(33-36)30(37)34-13-14-39-18-31(34,6)7/h9-10,12,15-16H,11,13-14,17-18H2,1-8H3. The third kappa shape index (κ3) is 4.42. The molecule has 2 aliphatic rings. The Balaban J connectivity index is 1.76. The molecule has 0 N–H and O–H groups in total. The number of amides is 1. The summed E-state index contributed by atoms with van der Waals surface area (Å²) in [6.45, 7) is 16.7. The highest BCUT2D eigenvalue weighted by Gasteiger charge is 2.39. The average molecular weight is 546 g/mol. The van der Waals surface area contributed by atoms with Crippen LogP contribution >= 0.6 is 0 Å². The molecule has 9 heteroatoms. The minimum absolute atomic E-state index is 0.115. The van der Waals surface area contributed by atoms with Crippen LogP contribution in [0.3, 0.4) is 0 Å². The van der Waals surface area contributed by atoms with Crippen molar-refractivity contribution in [1.29, 1.82) is 0 Å². The Bertz CT molecular complexity index is 1520. The van der Waals surface area contributed by atoms with Crippen molar-refractivity contribution in [3.63, 3.8) is 0 Å². The highest BCUT2D eigenvalue weighted by Crippen LogP contribution is 2.47. The van der Waals surface area contributed by atoms with Crippen LogP contribution in [0.25, 0.3) is 28.1 Å². The number of nitrogens with zero attached hydrogens (tertiary/aromatic N) is 5. The molecule has 0 unspecified atom stereocenters. The third-order valence-electron chi connectivity index (χ3n) is 7.83. The quantitative estimate of drug-likeness (QED) is 0.373. The summed E-state index contributed by atoms with van der Waals surface area (Å²) in [5, 5.41) is 9.70. The van der Waals surface area contributed by atoms with Crippen molar-refractivity contribution >= 4 is 11.6 Å². The molecule has 1 aromatic carbocycles. The van der Waals surface area contributed by atoms with Crippen molar-refractivity contribution in [2.75, 3.05) is 26.9 Å². The van der Waals surface area contributed by atoms with Gasteiger partial charge in [-0.3, -0.25) is 9.48 Å². The van der Waals surface area contributed by atoms with E-state index in [0.717, 1.165) is 51.6 Å². The maximum Gasteiger partial charge on any atom is 0.275 e. The lowest BCUT2D eigenvalue weighted by Crippen LogP contribution is -2.55. The molecule has 40 heavy (non-hydrogen) atoms. The average Bonchev–Trinajstić information content (AvgIpc) is 3.47. The lowest BCUT2D eigenvalue weighted by atomic mass is 9.94. The van der Waals surface area contributed by atoms with Gasteiger partial charge in [0.2, 0.25) is 0 Å². The largest absolute Gasteiger partial charge is 0.496 e. The van der Waals surface area contributed by atoms with E-state index in [1.807, 2.05) is 73.2 Å². The van der Waals surface area contributed by atoms with Crippen LogP contribution in [0.4, 0.5) is 0 Å².